The Balaban J connectivity index is 2.30. The number of benzene rings is 1. The van der Waals surface area contributed by atoms with Gasteiger partial charge in [0.1, 0.15) is 0 Å². The highest BCUT2D eigenvalue weighted by atomic mass is 16.4. The molecular formula is C13H19N3O. The van der Waals surface area contributed by atoms with Crippen molar-refractivity contribution in [2.24, 2.45) is 10.9 Å². The van der Waals surface area contributed by atoms with Crippen molar-refractivity contribution in [3.8, 4) is 0 Å². The molecule has 0 spiro atoms. The molecular weight excluding hydrogens is 214 g/mol. The molecule has 0 saturated heterocycles. The van der Waals surface area contributed by atoms with Crippen molar-refractivity contribution in [1.82, 2.24) is 0 Å². The van der Waals surface area contributed by atoms with Gasteiger partial charge in [0.15, 0.2) is 5.84 Å². The van der Waals surface area contributed by atoms with E-state index in [0.717, 1.165) is 12.1 Å². The molecule has 17 heavy (non-hydrogen) atoms. The molecule has 4 heteroatoms. The van der Waals surface area contributed by atoms with Crippen molar-refractivity contribution in [3.63, 3.8) is 0 Å². The Hall–Kier alpha value is -1.71. The Morgan fingerprint density at radius 3 is 2.71 bits per heavy atom. The topological polar surface area (TPSA) is 61.8 Å². The molecule has 4 nitrogen and oxygen atoms in total. The zero-order chi connectivity index (χ0) is 12.4. The van der Waals surface area contributed by atoms with E-state index in [1.54, 1.807) is 0 Å². The second kappa shape index (κ2) is 4.65. The minimum atomic E-state index is 0.161. The van der Waals surface area contributed by atoms with Crippen LogP contribution in [0.25, 0.3) is 0 Å². The van der Waals surface area contributed by atoms with Gasteiger partial charge in [-0.05, 0) is 50.5 Å². The van der Waals surface area contributed by atoms with E-state index >= 15 is 0 Å². The molecule has 0 amide bonds. The van der Waals surface area contributed by atoms with Crippen molar-refractivity contribution in [1.29, 1.82) is 0 Å². The number of rotatable bonds is 4. The molecule has 0 aromatic heterocycles. The number of aryl methyl sites for hydroxylation is 1. The minimum absolute atomic E-state index is 0.161. The van der Waals surface area contributed by atoms with Gasteiger partial charge in [0, 0.05) is 23.8 Å². The Morgan fingerprint density at radius 2 is 2.24 bits per heavy atom. The van der Waals surface area contributed by atoms with Gasteiger partial charge in [-0.2, -0.15) is 0 Å². The average Bonchev–Trinajstić information content (AvgIpc) is 3.15. The lowest BCUT2D eigenvalue weighted by atomic mass is 10.1. The molecule has 1 saturated carbocycles. The highest BCUT2D eigenvalue weighted by molar-refractivity contribution is 5.97. The van der Waals surface area contributed by atoms with E-state index < -0.39 is 0 Å². The van der Waals surface area contributed by atoms with Crippen LogP contribution in [0.1, 0.15) is 30.9 Å². The van der Waals surface area contributed by atoms with Crippen molar-refractivity contribution >= 4 is 11.5 Å². The monoisotopic (exact) mass is 233 g/mol. The van der Waals surface area contributed by atoms with Gasteiger partial charge in [0.2, 0.25) is 0 Å². The first-order valence-electron chi connectivity index (χ1n) is 6.02. The number of nitrogens with zero attached hydrogens (tertiary/aromatic N) is 2. The zero-order valence-corrected chi connectivity index (χ0v) is 10.3. The second-order valence-electron chi connectivity index (χ2n) is 4.50. The molecule has 0 aliphatic heterocycles. The van der Waals surface area contributed by atoms with Crippen LogP contribution in [-0.2, 0) is 0 Å². The third kappa shape index (κ3) is 2.35. The normalized spacial score (nSPS) is 16.0. The van der Waals surface area contributed by atoms with E-state index in [-0.39, 0.29) is 5.84 Å². The first-order valence-corrected chi connectivity index (χ1v) is 6.02. The molecule has 0 radical (unpaired) electrons. The molecule has 0 atom stereocenters. The molecule has 3 N–H and O–H groups in total. The van der Waals surface area contributed by atoms with Crippen LogP contribution in [0.15, 0.2) is 23.4 Å². The molecule has 0 bridgehead atoms. The Morgan fingerprint density at radius 1 is 1.53 bits per heavy atom. The maximum atomic E-state index is 8.65. The second-order valence-corrected chi connectivity index (χ2v) is 4.50. The van der Waals surface area contributed by atoms with Crippen LogP contribution < -0.4 is 10.6 Å². The summed E-state index contributed by atoms with van der Waals surface area (Å²) in [7, 11) is 0. The first kappa shape index (κ1) is 11.8. The summed E-state index contributed by atoms with van der Waals surface area (Å²) in [6.07, 6.45) is 2.57. The van der Waals surface area contributed by atoms with Crippen LogP contribution in [0, 0.1) is 6.92 Å². The number of oxime groups is 1. The summed E-state index contributed by atoms with van der Waals surface area (Å²) < 4.78 is 0. The fourth-order valence-electron chi connectivity index (χ4n) is 2.21. The minimum Gasteiger partial charge on any atom is -0.409 e. The standard InChI is InChI=1S/C13H19N3O/c1-3-16(11-5-6-11)12-7-4-10(8-9(12)2)13(14)15-17/h4,7-8,11,17H,3,5-6H2,1-2H3,(H2,14,15). The summed E-state index contributed by atoms with van der Waals surface area (Å²) in [5.41, 5.74) is 8.77. The maximum absolute atomic E-state index is 8.65. The average molecular weight is 233 g/mol. The number of nitrogens with two attached hydrogens (primary N) is 1. The quantitative estimate of drug-likeness (QED) is 0.362. The third-order valence-electron chi connectivity index (χ3n) is 3.24. The molecule has 0 heterocycles. The first-order chi connectivity index (χ1) is 8.17. The number of anilines is 1. The van der Waals surface area contributed by atoms with Crippen LogP contribution in [-0.4, -0.2) is 23.6 Å². The van der Waals surface area contributed by atoms with E-state index in [4.69, 9.17) is 10.9 Å². The van der Waals surface area contributed by atoms with Gasteiger partial charge >= 0.3 is 0 Å². The Bertz CT molecular complexity index is 438. The summed E-state index contributed by atoms with van der Waals surface area (Å²) in [6.45, 7) is 5.26. The molecule has 0 unspecified atom stereocenters. The van der Waals surface area contributed by atoms with Crippen LogP contribution in [0.2, 0.25) is 0 Å². The zero-order valence-electron chi connectivity index (χ0n) is 10.3. The molecule has 1 fully saturated rings. The van der Waals surface area contributed by atoms with Gasteiger partial charge in [0.05, 0.1) is 0 Å². The fourth-order valence-corrected chi connectivity index (χ4v) is 2.21. The summed E-state index contributed by atoms with van der Waals surface area (Å²) >= 11 is 0. The molecule has 2 rings (SSSR count). The summed E-state index contributed by atoms with van der Waals surface area (Å²) in [6, 6.07) is 6.64. The predicted molar refractivity (Wildman–Crippen MR) is 69.7 cm³/mol. The summed E-state index contributed by atoms with van der Waals surface area (Å²) in [5.74, 6) is 0.161. The van der Waals surface area contributed by atoms with Gasteiger partial charge in [-0.25, -0.2) is 0 Å². The number of amidine groups is 1. The summed E-state index contributed by atoms with van der Waals surface area (Å²) in [5, 5.41) is 11.7. The van der Waals surface area contributed by atoms with Crippen LogP contribution in [0.5, 0.6) is 0 Å². The number of hydrogen-bond acceptors (Lipinski definition) is 3. The van der Waals surface area contributed by atoms with Crippen LogP contribution in [0.3, 0.4) is 0 Å². The molecule has 1 aromatic rings. The van der Waals surface area contributed by atoms with Gasteiger partial charge in [-0.3, -0.25) is 0 Å². The van der Waals surface area contributed by atoms with Crippen LogP contribution in [0.4, 0.5) is 5.69 Å². The van der Waals surface area contributed by atoms with Crippen molar-refractivity contribution in [3.05, 3.63) is 29.3 Å². The predicted octanol–water partition coefficient (Wildman–Crippen LogP) is 2.08. The Labute approximate surface area is 102 Å². The van der Waals surface area contributed by atoms with Crippen molar-refractivity contribution in [2.75, 3.05) is 11.4 Å². The van der Waals surface area contributed by atoms with Crippen LogP contribution >= 0.6 is 0 Å². The van der Waals surface area contributed by atoms with E-state index in [0.29, 0.717) is 6.04 Å². The van der Waals surface area contributed by atoms with Gasteiger partial charge in [0.25, 0.3) is 0 Å². The smallest absolute Gasteiger partial charge is 0.170 e. The van der Waals surface area contributed by atoms with E-state index in [9.17, 15) is 0 Å². The highest BCUT2D eigenvalue weighted by Crippen LogP contribution is 2.33. The highest BCUT2D eigenvalue weighted by Gasteiger charge is 2.28. The van der Waals surface area contributed by atoms with Crippen molar-refractivity contribution in [2.45, 2.75) is 32.7 Å². The van der Waals surface area contributed by atoms with E-state index in [1.807, 2.05) is 12.1 Å². The van der Waals surface area contributed by atoms with E-state index in [2.05, 4.69) is 30.0 Å². The maximum Gasteiger partial charge on any atom is 0.170 e. The SMILES string of the molecule is CCN(c1ccc(/C(N)=N/O)cc1C)C1CC1. The lowest BCUT2D eigenvalue weighted by Gasteiger charge is -2.25. The van der Waals surface area contributed by atoms with E-state index in [1.165, 1.54) is 24.1 Å². The lowest BCUT2D eigenvalue weighted by Crippen LogP contribution is -2.26. The number of hydrogen-bond donors (Lipinski definition) is 2. The third-order valence-corrected chi connectivity index (χ3v) is 3.24. The van der Waals surface area contributed by atoms with Gasteiger partial charge in [-0.1, -0.05) is 5.16 Å². The summed E-state index contributed by atoms with van der Waals surface area (Å²) in [4.78, 5) is 2.42. The van der Waals surface area contributed by atoms with Gasteiger partial charge < -0.3 is 15.8 Å². The molecule has 1 aliphatic carbocycles. The Kier molecular flexibility index (Phi) is 3.22. The van der Waals surface area contributed by atoms with Gasteiger partial charge in [-0.15, -0.1) is 0 Å². The lowest BCUT2D eigenvalue weighted by molar-refractivity contribution is 0.318. The largest absolute Gasteiger partial charge is 0.409 e. The van der Waals surface area contributed by atoms with Crippen molar-refractivity contribution < 1.29 is 5.21 Å². The molecule has 92 valence electrons. The molecule has 1 aromatic carbocycles. The fraction of sp³-hybridized carbons (Fsp3) is 0.462. The molecule has 1 aliphatic rings.